The fourth-order valence-corrected chi connectivity index (χ4v) is 3.34. The number of nitrogens with zero attached hydrogens (tertiary/aromatic N) is 2. The lowest BCUT2D eigenvalue weighted by Gasteiger charge is -2.09. The average Bonchev–Trinajstić information content (AvgIpc) is 3.03. The van der Waals surface area contributed by atoms with Crippen molar-refractivity contribution in [2.45, 2.75) is 0 Å². The van der Waals surface area contributed by atoms with E-state index >= 15 is 0 Å². The Morgan fingerprint density at radius 3 is 2.56 bits per heavy atom. The zero-order valence-corrected chi connectivity index (χ0v) is 15.2. The first-order valence-electron chi connectivity index (χ1n) is 8.38. The van der Waals surface area contributed by atoms with Crippen molar-refractivity contribution >= 4 is 27.8 Å². The van der Waals surface area contributed by atoms with Crippen LogP contribution in [-0.4, -0.2) is 34.8 Å². The summed E-state index contributed by atoms with van der Waals surface area (Å²) in [7, 11) is 5.10. The van der Waals surface area contributed by atoms with E-state index in [1.807, 2.05) is 41.9 Å². The molecule has 0 atom stereocenters. The number of hydrogen-bond acceptors (Lipinski definition) is 4. The van der Waals surface area contributed by atoms with Gasteiger partial charge in [-0.25, -0.2) is 9.78 Å². The number of benzene rings is 3. The maximum Gasteiger partial charge on any atom is 0.335 e. The number of fused-ring (bicyclic) bond motifs is 3. The van der Waals surface area contributed by atoms with Crippen molar-refractivity contribution in [3.63, 3.8) is 0 Å². The number of hydrogen-bond donors (Lipinski definition) is 1. The molecule has 0 spiro atoms. The number of carboxylic acid groups (broad SMARTS) is 1. The minimum atomic E-state index is -0.996. The quantitative estimate of drug-likeness (QED) is 0.591. The highest BCUT2D eigenvalue weighted by Crippen LogP contribution is 2.35. The molecule has 0 saturated carbocycles. The zero-order chi connectivity index (χ0) is 19.1. The Balaban J connectivity index is 1.96. The summed E-state index contributed by atoms with van der Waals surface area (Å²) in [6.45, 7) is 0. The number of carboxylic acids is 1. The van der Waals surface area contributed by atoms with Crippen LogP contribution in [0.25, 0.3) is 33.2 Å². The Morgan fingerprint density at radius 2 is 1.85 bits per heavy atom. The molecule has 0 unspecified atom stereocenters. The molecule has 0 bridgehead atoms. The molecule has 6 nitrogen and oxygen atoms in total. The summed E-state index contributed by atoms with van der Waals surface area (Å²) in [5.74, 6) is 0.982. The highest BCUT2D eigenvalue weighted by molar-refractivity contribution is 6.06. The lowest BCUT2D eigenvalue weighted by atomic mass is 10.1. The van der Waals surface area contributed by atoms with Gasteiger partial charge in [-0.3, -0.25) is 0 Å². The minimum Gasteiger partial charge on any atom is -0.497 e. The third kappa shape index (κ3) is 2.66. The summed E-state index contributed by atoms with van der Waals surface area (Å²) < 4.78 is 12.7. The molecule has 4 rings (SSSR count). The molecule has 1 aromatic heterocycles. The van der Waals surface area contributed by atoms with E-state index < -0.39 is 5.97 Å². The van der Waals surface area contributed by atoms with Crippen LogP contribution in [-0.2, 0) is 7.05 Å². The number of aromatic carboxylic acids is 1. The number of ether oxygens (including phenoxy) is 2. The molecule has 4 aromatic rings. The molecule has 6 heteroatoms. The van der Waals surface area contributed by atoms with E-state index in [0.29, 0.717) is 11.6 Å². The van der Waals surface area contributed by atoms with Gasteiger partial charge in [0.15, 0.2) is 0 Å². The van der Waals surface area contributed by atoms with E-state index in [0.717, 1.165) is 33.1 Å². The third-order valence-corrected chi connectivity index (χ3v) is 4.76. The largest absolute Gasteiger partial charge is 0.497 e. The van der Waals surface area contributed by atoms with Crippen molar-refractivity contribution in [3.05, 3.63) is 54.1 Å². The lowest BCUT2D eigenvalue weighted by molar-refractivity contribution is 0.0696. The fourth-order valence-electron chi connectivity index (χ4n) is 3.34. The Labute approximate surface area is 155 Å². The highest BCUT2D eigenvalue weighted by Gasteiger charge is 2.17. The first-order chi connectivity index (χ1) is 13.0. The van der Waals surface area contributed by atoms with E-state index in [-0.39, 0.29) is 5.56 Å². The van der Waals surface area contributed by atoms with Gasteiger partial charge in [0, 0.05) is 12.4 Å². The van der Waals surface area contributed by atoms with Crippen LogP contribution in [0.15, 0.2) is 48.5 Å². The van der Waals surface area contributed by atoms with Crippen LogP contribution >= 0.6 is 0 Å². The Kier molecular flexibility index (Phi) is 3.96. The van der Waals surface area contributed by atoms with Gasteiger partial charge in [-0.1, -0.05) is 6.07 Å². The molecule has 0 aliphatic heterocycles. The summed E-state index contributed by atoms with van der Waals surface area (Å²) in [4.78, 5) is 16.1. The second-order valence-electron chi connectivity index (χ2n) is 6.24. The van der Waals surface area contributed by atoms with Gasteiger partial charge in [0.1, 0.15) is 17.3 Å². The van der Waals surface area contributed by atoms with Crippen LogP contribution in [0.3, 0.4) is 0 Å². The maximum absolute atomic E-state index is 11.2. The molecule has 0 aliphatic rings. The molecule has 3 aromatic carbocycles. The maximum atomic E-state index is 11.2. The van der Waals surface area contributed by atoms with Crippen molar-refractivity contribution < 1.29 is 19.4 Å². The SMILES string of the molecule is COc1ccc2c(ccc3c2nc(-c2ccc(C(=O)O)cc2OC)n3C)c1. The summed E-state index contributed by atoms with van der Waals surface area (Å²) in [6.07, 6.45) is 0. The first-order valence-corrected chi connectivity index (χ1v) is 8.38. The van der Waals surface area contributed by atoms with Gasteiger partial charge < -0.3 is 19.1 Å². The Morgan fingerprint density at radius 1 is 1.04 bits per heavy atom. The van der Waals surface area contributed by atoms with Crippen LogP contribution in [0.5, 0.6) is 11.5 Å². The van der Waals surface area contributed by atoms with Crippen molar-refractivity contribution in [1.29, 1.82) is 0 Å². The molecule has 0 radical (unpaired) electrons. The predicted octanol–water partition coefficient (Wildman–Crippen LogP) is 4.11. The first kappa shape index (κ1) is 16.9. The van der Waals surface area contributed by atoms with Crippen LogP contribution < -0.4 is 9.47 Å². The molecule has 1 N–H and O–H groups in total. The smallest absolute Gasteiger partial charge is 0.335 e. The second kappa shape index (κ2) is 6.32. The third-order valence-electron chi connectivity index (χ3n) is 4.76. The summed E-state index contributed by atoms with van der Waals surface area (Å²) >= 11 is 0. The zero-order valence-electron chi connectivity index (χ0n) is 15.2. The molecule has 27 heavy (non-hydrogen) atoms. The molecule has 0 aliphatic carbocycles. The fraction of sp³-hybridized carbons (Fsp3) is 0.143. The van der Waals surface area contributed by atoms with Crippen molar-refractivity contribution in [2.75, 3.05) is 14.2 Å². The predicted molar refractivity (Wildman–Crippen MR) is 104 cm³/mol. The molecule has 136 valence electrons. The number of imidazole rings is 1. The van der Waals surface area contributed by atoms with Crippen LogP contribution in [0.1, 0.15) is 10.4 Å². The van der Waals surface area contributed by atoms with E-state index in [4.69, 9.17) is 14.5 Å². The number of aryl methyl sites for hydroxylation is 1. The monoisotopic (exact) mass is 362 g/mol. The summed E-state index contributed by atoms with van der Waals surface area (Å²) in [6, 6.07) is 14.8. The van der Waals surface area contributed by atoms with Gasteiger partial charge in [-0.05, 0) is 47.9 Å². The van der Waals surface area contributed by atoms with Crippen molar-refractivity contribution in [3.8, 4) is 22.9 Å². The topological polar surface area (TPSA) is 73.6 Å². The molecule has 1 heterocycles. The van der Waals surface area contributed by atoms with Gasteiger partial charge >= 0.3 is 5.97 Å². The summed E-state index contributed by atoms with van der Waals surface area (Å²) in [5.41, 5.74) is 2.76. The molecular formula is C21H18N2O4. The van der Waals surface area contributed by atoms with E-state index in [1.54, 1.807) is 19.2 Å². The Hall–Kier alpha value is -3.54. The van der Waals surface area contributed by atoms with Crippen LogP contribution in [0.2, 0.25) is 0 Å². The van der Waals surface area contributed by atoms with Crippen LogP contribution in [0.4, 0.5) is 0 Å². The highest BCUT2D eigenvalue weighted by atomic mass is 16.5. The number of rotatable bonds is 4. The van der Waals surface area contributed by atoms with Crippen molar-refractivity contribution in [1.82, 2.24) is 9.55 Å². The van der Waals surface area contributed by atoms with Gasteiger partial charge in [0.2, 0.25) is 0 Å². The van der Waals surface area contributed by atoms with Gasteiger partial charge in [0.05, 0.1) is 36.4 Å². The van der Waals surface area contributed by atoms with Crippen LogP contribution in [0, 0.1) is 0 Å². The molecule has 0 saturated heterocycles. The number of methoxy groups -OCH3 is 2. The molecule has 0 fully saturated rings. The summed E-state index contributed by atoms with van der Waals surface area (Å²) in [5, 5.41) is 11.3. The lowest BCUT2D eigenvalue weighted by Crippen LogP contribution is -2.00. The van der Waals surface area contributed by atoms with Gasteiger partial charge in [0.25, 0.3) is 0 Å². The van der Waals surface area contributed by atoms with E-state index in [1.165, 1.54) is 13.2 Å². The van der Waals surface area contributed by atoms with Gasteiger partial charge in [-0.2, -0.15) is 0 Å². The second-order valence-corrected chi connectivity index (χ2v) is 6.24. The molecule has 0 amide bonds. The Bertz CT molecular complexity index is 1190. The standard InChI is InChI=1S/C21H18N2O4/c1-23-17-9-5-12-10-14(26-2)6-8-15(12)19(17)22-20(23)16-7-4-13(21(24)25)11-18(16)27-3/h4-11H,1-3H3,(H,24,25). The number of carbonyl (C=O) groups is 1. The number of aromatic nitrogens is 2. The van der Waals surface area contributed by atoms with Gasteiger partial charge in [-0.15, -0.1) is 0 Å². The van der Waals surface area contributed by atoms with Crippen molar-refractivity contribution in [2.24, 2.45) is 7.05 Å². The normalized spacial score (nSPS) is 11.1. The van der Waals surface area contributed by atoms with E-state index in [2.05, 4.69) is 0 Å². The molecular weight excluding hydrogens is 344 g/mol. The van der Waals surface area contributed by atoms with E-state index in [9.17, 15) is 9.90 Å². The average molecular weight is 362 g/mol. The minimum absolute atomic E-state index is 0.173.